The van der Waals surface area contributed by atoms with Gasteiger partial charge in [0, 0.05) is 19.9 Å². The summed E-state index contributed by atoms with van der Waals surface area (Å²) >= 11 is 0. The van der Waals surface area contributed by atoms with Gasteiger partial charge in [-0.2, -0.15) is 8.42 Å². The molecule has 7 nitrogen and oxygen atoms in total. The second kappa shape index (κ2) is 47.4. The molecule has 2 aromatic carbocycles. The minimum Gasteiger partial charge on any atom is -0.545 e. The first-order valence-corrected chi connectivity index (χ1v) is 37.9. The molecule has 0 spiro atoms. The number of benzene rings is 2. The van der Waals surface area contributed by atoms with Crippen LogP contribution in [-0.4, -0.2) is 74.2 Å². The predicted molar refractivity (Wildman–Crippen MR) is 327 cm³/mol. The Morgan fingerprint density at radius 3 is 0.865 bits per heavy atom. The van der Waals surface area contributed by atoms with Crippen LogP contribution in [0.25, 0.3) is 10.8 Å². The van der Waals surface area contributed by atoms with Crippen molar-refractivity contribution in [1.82, 2.24) is 0 Å². The molecule has 0 saturated carbocycles. The molecule has 2 aromatic rings. The highest BCUT2D eigenvalue weighted by molar-refractivity contribution is 7.86. The molecule has 0 radical (unpaired) electrons. The van der Waals surface area contributed by atoms with Crippen LogP contribution in [0.1, 0.15) is 307 Å². The summed E-state index contributed by atoms with van der Waals surface area (Å²) in [7, 11) is -5.92. The molecule has 0 bridgehead atoms. The normalized spacial score (nSPS) is 11.9. The van der Waals surface area contributed by atoms with Crippen molar-refractivity contribution in [1.29, 1.82) is 0 Å². The summed E-state index contributed by atoms with van der Waals surface area (Å²) in [6, 6.07) is 5.07. The van der Waals surface area contributed by atoms with Crippen LogP contribution in [0, 0.1) is 0 Å². The van der Waals surface area contributed by atoms with E-state index in [9.17, 15) is 28.2 Å². The number of carboxylic acids is 2. The van der Waals surface area contributed by atoms with Crippen LogP contribution in [0.2, 0.25) is 0 Å². The van der Waals surface area contributed by atoms with E-state index in [1.807, 2.05) is 0 Å². The van der Waals surface area contributed by atoms with E-state index in [2.05, 4.69) is 55.4 Å². The van der Waals surface area contributed by atoms with Gasteiger partial charge in [0.2, 0.25) is 0 Å². The molecule has 0 amide bonds. The van der Waals surface area contributed by atoms with Crippen molar-refractivity contribution >= 4 is 47.4 Å². The molecule has 0 unspecified atom stereocenters. The molecule has 0 aliphatic carbocycles. The quantitative estimate of drug-likeness (QED) is 0.0396. The monoisotopic (exact) mass is 1090 g/mol. The molecule has 10 heteroatoms. The van der Waals surface area contributed by atoms with Gasteiger partial charge < -0.3 is 19.8 Å². The van der Waals surface area contributed by atoms with Gasteiger partial charge in [-0.15, -0.1) is 0 Å². The fourth-order valence-electron chi connectivity index (χ4n) is 10.7. The molecule has 2 rings (SSSR count). The summed E-state index contributed by atoms with van der Waals surface area (Å²) in [5, 5.41) is 21.6. The fraction of sp³-hybridized carbons (Fsp3) is 0.812. The molecule has 0 aliphatic rings. The van der Waals surface area contributed by atoms with Crippen LogP contribution in [-0.2, 0) is 10.1 Å². The second-order valence-electron chi connectivity index (χ2n) is 22.3. The standard InChI is InChI=1S/2C26H56P.C12H8O7S/c2*1-5-9-13-14-15-16-17-18-19-20-21-22-26-27(23-10-6-2,24-11-7-3)25-12-8-4;13-11(14)6-1-2-9-7(3-6)4-8(12(15)16)5-10(9)20(17,18)19/h2*5-26H2,1-4H3;1-5H,(H,13,14)(H,15,16)(H,17,18,19)/q2*+1;/p-2. The van der Waals surface area contributed by atoms with Crippen LogP contribution in [0.15, 0.2) is 35.2 Å². The third kappa shape index (κ3) is 35.7. The van der Waals surface area contributed by atoms with Gasteiger partial charge in [0.1, 0.15) is 4.90 Å². The molecule has 0 aromatic heterocycles. The lowest BCUT2D eigenvalue weighted by Crippen LogP contribution is -2.23. The number of unbranched alkanes of at least 4 members (excludes halogenated alkanes) is 28. The molecule has 432 valence electrons. The molecular formula is C64H118O7P2S. The van der Waals surface area contributed by atoms with Crippen molar-refractivity contribution in [2.24, 2.45) is 0 Å². The smallest absolute Gasteiger partial charge is 0.295 e. The van der Waals surface area contributed by atoms with Gasteiger partial charge >= 0.3 is 0 Å². The summed E-state index contributed by atoms with van der Waals surface area (Å²) < 4.78 is 31.6. The third-order valence-electron chi connectivity index (χ3n) is 15.6. The maximum absolute atomic E-state index is 11.3. The number of carboxylic acid groups (broad SMARTS) is 2. The second-order valence-corrected chi connectivity index (χ2v) is 32.7. The first kappa shape index (κ1) is 72.4. The Bertz CT molecular complexity index is 1660. The zero-order valence-electron chi connectivity index (χ0n) is 49.7. The molecular weight excluding hydrogens is 975 g/mol. The molecule has 0 heterocycles. The van der Waals surface area contributed by atoms with Crippen molar-refractivity contribution in [3.63, 3.8) is 0 Å². The van der Waals surface area contributed by atoms with Crippen molar-refractivity contribution < 1.29 is 32.8 Å². The zero-order valence-corrected chi connectivity index (χ0v) is 52.3. The van der Waals surface area contributed by atoms with E-state index in [1.54, 1.807) is 62.1 Å². The average Bonchev–Trinajstić information content (AvgIpc) is 3.39. The summed E-state index contributed by atoms with van der Waals surface area (Å²) in [5.41, 5.74) is -0.755. The Hall–Kier alpha value is -1.59. The van der Waals surface area contributed by atoms with Crippen LogP contribution < -0.4 is 10.2 Å². The molecule has 0 aliphatic heterocycles. The lowest BCUT2D eigenvalue weighted by Gasteiger charge is -2.28. The van der Waals surface area contributed by atoms with Gasteiger partial charge in [0.15, 0.2) is 0 Å². The Labute approximate surface area is 460 Å². The van der Waals surface area contributed by atoms with Gasteiger partial charge in [-0.05, 0) is 98.9 Å². The number of aromatic carboxylic acids is 2. The van der Waals surface area contributed by atoms with E-state index in [0.717, 1.165) is 30.3 Å². The topological polar surface area (TPSA) is 135 Å². The van der Waals surface area contributed by atoms with Crippen LogP contribution >= 0.6 is 14.5 Å². The molecule has 0 saturated heterocycles. The highest BCUT2D eigenvalue weighted by atomic mass is 32.2. The van der Waals surface area contributed by atoms with Gasteiger partial charge in [0.05, 0.1) is 61.2 Å². The maximum Gasteiger partial charge on any atom is 0.295 e. The van der Waals surface area contributed by atoms with Gasteiger partial charge in [-0.3, -0.25) is 4.55 Å². The number of hydrogen-bond acceptors (Lipinski definition) is 6. The highest BCUT2D eigenvalue weighted by Crippen LogP contribution is 2.62. The third-order valence-corrected chi connectivity index (χ3v) is 26.6. The number of rotatable bonds is 47. The maximum atomic E-state index is 11.3. The average molecular weight is 1090 g/mol. The first-order valence-electron chi connectivity index (χ1n) is 31.4. The lowest BCUT2D eigenvalue weighted by molar-refractivity contribution is -0.256. The van der Waals surface area contributed by atoms with Crippen LogP contribution in [0.4, 0.5) is 0 Å². The molecule has 0 atom stereocenters. The van der Waals surface area contributed by atoms with E-state index in [1.165, 1.54) is 218 Å². The summed E-state index contributed by atoms with van der Waals surface area (Å²) in [6.45, 7) is 18.9. The van der Waals surface area contributed by atoms with Gasteiger partial charge in [0.25, 0.3) is 10.1 Å². The van der Waals surface area contributed by atoms with Crippen LogP contribution in [0.5, 0.6) is 0 Å². The number of carbonyl (C=O) groups is 2. The van der Waals surface area contributed by atoms with E-state index in [0.29, 0.717) is 0 Å². The highest BCUT2D eigenvalue weighted by Gasteiger charge is 2.35. The number of hydrogen-bond donors (Lipinski definition) is 1. The summed E-state index contributed by atoms with van der Waals surface area (Å²) in [4.78, 5) is 20.9. The lowest BCUT2D eigenvalue weighted by atomic mass is 10.0. The largest absolute Gasteiger partial charge is 0.545 e. The van der Waals surface area contributed by atoms with E-state index in [-0.39, 0.29) is 16.3 Å². The van der Waals surface area contributed by atoms with Crippen molar-refractivity contribution in [3.8, 4) is 0 Å². The van der Waals surface area contributed by atoms with E-state index < -0.39 is 47.0 Å². The Morgan fingerprint density at radius 2 is 0.608 bits per heavy atom. The van der Waals surface area contributed by atoms with E-state index >= 15 is 0 Å². The summed E-state index contributed by atoms with van der Waals surface area (Å²) in [5.74, 6) is -3.16. The van der Waals surface area contributed by atoms with Crippen molar-refractivity contribution in [3.05, 3.63) is 41.5 Å². The zero-order chi connectivity index (χ0) is 55.2. The van der Waals surface area contributed by atoms with E-state index in [4.69, 9.17) is 4.55 Å². The Morgan fingerprint density at radius 1 is 0.365 bits per heavy atom. The first-order chi connectivity index (χ1) is 35.7. The minimum absolute atomic E-state index is 0.0116. The fourth-order valence-corrected chi connectivity index (χ4v) is 21.8. The Balaban J connectivity index is 0.00000109. The molecule has 74 heavy (non-hydrogen) atoms. The summed E-state index contributed by atoms with van der Waals surface area (Å²) in [6.07, 6.45) is 65.9. The van der Waals surface area contributed by atoms with Crippen molar-refractivity contribution in [2.45, 2.75) is 291 Å². The predicted octanol–water partition coefficient (Wildman–Crippen LogP) is 19.0. The van der Waals surface area contributed by atoms with Crippen molar-refractivity contribution in [2.75, 3.05) is 49.3 Å². The minimum atomic E-state index is -4.67. The number of carbonyl (C=O) groups excluding carboxylic acids is 2. The molecule has 0 fully saturated rings. The van der Waals surface area contributed by atoms with Gasteiger partial charge in [-0.1, -0.05) is 234 Å². The Kier molecular flexibility index (Phi) is 46.4. The SMILES string of the molecule is CCCCCCCCCCCCCC[P+](CCCC)(CCCC)CCCC.CCCCCCCCCCCCCC[P+](CCCC)(CCCC)CCCC.O=C([O-])c1ccc2c(S(=O)(=O)O)cc(C(=O)[O-])cc2c1. The van der Waals surface area contributed by atoms with Gasteiger partial charge in [-0.25, -0.2) is 0 Å². The van der Waals surface area contributed by atoms with Crippen LogP contribution in [0.3, 0.4) is 0 Å². The molecule has 1 N–H and O–H groups in total. The number of fused-ring (bicyclic) bond motifs is 1.